The van der Waals surface area contributed by atoms with E-state index in [1.807, 2.05) is 97.1 Å². The molecule has 0 aliphatic rings. The molecule has 0 radical (unpaired) electrons. The van der Waals surface area contributed by atoms with Crippen LogP contribution in [-0.2, 0) is 24.4 Å². The molecule has 1 amide bonds. The maximum atomic E-state index is 13.4. The van der Waals surface area contributed by atoms with E-state index in [-0.39, 0.29) is 18.9 Å². The Morgan fingerprint density at radius 2 is 1.40 bits per heavy atom. The Balaban J connectivity index is 1.35. The SMILES string of the molecule is COc1cc(COc2cc(CCC(=O)O)ccc2-c2cccc(CN(C)C(=O)c3cccc(Oc4ccccc4)c3)c2)cc(OC)c1. The summed E-state index contributed by atoms with van der Waals surface area (Å²) in [5.74, 6) is 2.22. The third-order valence-electron chi connectivity index (χ3n) is 7.54. The summed E-state index contributed by atoms with van der Waals surface area (Å²) in [6, 6.07) is 35.9. The van der Waals surface area contributed by atoms with E-state index < -0.39 is 5.97 Å². The molecule has 0 fully saturated rings. The second kappa shape index (κ2) is 15.5. The molecule has 0 saturated heterocycles. The number of hydrogen-bond acceptors (Lipinski definition) is 6. The molecule has 0 saturated carbocycles. The summed E-state index contributed by atoms with van der Waals surface area (Å²) in [5, 5.41) is 9.23. The Morgan fingerprint density at radius 3 is 2.13 bits per heavy atom. The van der Waals surface area contributed by atoms with Crippen LogP contribution in [0, 0.1) is 0 Å². The fourth-order valence-corrected chi connectivity index (χ4v) is 5.16. The number of aryl methyl sites for hydroxylation is 1. The van der Waals surface area contributed by atoms with Gasteiger partial charge >= 0.3 is 5.97 Å². The lowest BCUT2D eigenvalue weighted by Crippen LogP contribution is -2.26. The zero-order valence-electron chi connectivity index (χ0n) is 26.6. The summed E-state index contributed by atoms with van der Waals surface area (Å²) in [4.78, 5) is 26.3. The highest BCUT2D eigenvalue weighted by atomic mass is 16.5. The molecule has 8 nitrogen and oxygen atoms in total. The van der Waals surface area contributed by atoms with Crippen molar-refractivity contribution in [2.45, 2.75) is 26.0 Å². The van der Waals surface area contributed by atoms with E-state index in [4.69, 9.17) is 18.9 Å². The molecule has 0 heterocycles. The molecule has 5 aromatic rings. The number of ether oxygens (including phenoxy) is 4. The topological polar surface area (TPSA) is 94.5 Å². The number of carboxylic acid groups (broad SMARTS) is 1. The first-order valence-corrected chi connectivity index (χ1v) is 15.2. The highest BCUT2D eigenvalue weighted by molar-refractivity contribution is 5.94. The summed E-state index contributed by atoms with van der Waals surface area (Å²) in [7, 11) is 4.96. The standard InChI is InChI=1S/C39H37NO7/c1-40(39(43)31-11-8-14-33(23-31)47-32-12-5-4-6-13-32)25-28-9-7-10-30(19-28)36-17-15-27(16-18-38(41)42)22-37(36)46-26-29-20-34(44-2)24-35(21-29)45-3/h4-15,17,19-24H,16,18,25-26H2,1-3H3,(H,41,42). The Bertz CT molecular complexity index is 1810. The molecule has 0 aromatic heterocycles. The number of nitrogens with zero attached hydrogens (tertiary/aromatic N) is 1. The van der Waals surface area contributed by atoms with Gasteiger partial charge in [0.05, 0.1) is 14.2 Å². The van der Waals surface area contributed by atoms with Gasteiger partial charge in [-0.25, -0.2) is 0 Å². The second-order valence-corrected chi connectivity index (χ2v) is 11.0. The Labute approximate surface area is 274 Å². The van der Waals surface area contributed by atoms with Gasteiger partial charge in [-0.1, -0.05) is 54.6 Å². The first-order chi connectivity index (χ1) is 22.8. The predicted molar refractivity (Wildman–Crippen MR) is 180 cm³/mol. The average Bonchev–Trinajstić information content (AvgIpc) is 3.10. The van der Waals surface area contributed by atoms with E-state index in [1.54, 1.807) is 44.4 Å². The first kappa shape index (κ1) is 32.6. The largest absolute Gasteiger partial charge is 0.497 e. The van der Waals surface area contributed by atoms with Crippen LogP contribution >= 0.6 is 0 Å². The number of methoxy groups -OCH3 is 2. The van der Waals surface area contributed by atoms with Crippen LogP contribution in [0.5, 0.6) is 28.7 Å². The minimum absolute atomic E-state index is 0.0169. The number of carbonyl (C=O) groups is 2. The van der Waals surface area contributed by atoms with Gasteiger partial charge in [0.2, 0.25) is 0 Å². The molecule has 1 N–H and O–H groups in total. The zero-order chi connectivity index (χ0) is 33.2. The van der Waals surface area contributed by atoms with E-state index in [9.17, 15) is 14.7 Å². The van der Waals surface area contributed by atoms with E-state index in [2.05, 4.69) is 0 Å². The smallest absolute Gasteiger partial charge is 0.303 e. The molecule has 0 aliphatic carbocycles. The third-order valence-corrected chi connectivity index (χ3v) is 7.54. The number of carboxylic acids is 1. The van der Waals surface area contributed by atoms with Crippen LogP contribution in [0.4, 0.5) is 0 Å². The Hall–Kier alpha value is -5.76. The molecule has 240 valence electrons. The second-order valence-electron chi connectivity index (χ2n) is 11.0. The van der Waals surface area contributed by atoms with Crippen molar-refractivity contribution in [1.82, 2.24) is 4.90 Å². The zero-order valence-corrected chi connectivity index (χ0v) is 26.6. The van der Waals surface area contributed by atoms with E-state index in [0.717, 1.165) is 27.8 Å². The van der Waals surface area contributed by atoms with Gasteiger partial charge in [-0.2, -0.15) is 0 Å². The van der Waals surface area contributed by atoms with Crippen molar-refractivity contribution < 1.29 is 33.6 Å². The number of para-hydroxylation sites is 1. The summed E-state index contributed by atoms with van der Waals surface area (Å²) in [6.07, 6.45) is 0.395. The van der Waals surface area contributed by atoms with E-state index in [0.29, 0.717) is 47.3 Å². The quantitative estimate of drug-likeness (QED) is 0.133. The van der Waals surface area contributed by atoms with Crippen molar-refractivity contribution in [3.8, 4) is 39.9 Å². The maximum Gasteiger partial charge on any atom is 0.303 e. The minimum atomic E-state index is -0.859. The number of rotatable bonds is 14. The van der Waals surface area contributed by atoms with Gasteiger partial charge in [-0.15, -0.1) is 0 Å². The number of amides is 1. The van der Waals surface area contributed by atoms with Crippen LogP contribution in [-0.4, -0.2) is 43.2 Å². The van der Waals surface area contributed by atoms with Crippen LogP contribution in [0.3, 0.4) is 0 Å². The van der Waals surface area contributed by atoms with E-state index >= 15 is 0 Å². The highest BCUT2D eigenvalue weighted by Crippen LogP contribution is 2.34. The number of carbonyl (C=O) groups excluding carboxylic acids is 1. The minimum Gasteiger partial charge on any atom is -0.497 e. The first-order valence-electron chi connectivity index (χ1n) is 15.2. The summed E-state index contributed by atoms with van der Waals surface area (Å²) >= 11 is 0. The maximum absolute atomic E-state index is 13.4. The molecule has 5 rings (SSSR count). The van der Waals surface area contributed by atoms with Gasteiger partial charge in [-0.05, 0) is 83.3 Å². The van der Waals surface area contributed by atoms with Crippen LogP contribution in [0.1, 0.15) is 33.5 Å². The molecule has 0 bridgehead atoms. The van der Waals surface area contributed by atoms with E-state index in [1.165, 1.54) is 0 Å². The van der Waals surface area contributed by atoms with Gasteiger partial charge in [0, 0.05) is 37.2 Å². The van der Waals surface area contributed by atoms with Crippen LogP contribution in [0.15, 0.2) is 115 Å². The molecule has 0 unspecified atom stereocenters. The molecular formula is C39H37NO7. The molecule has 0 aliphatic heterocycles. The highest BCUT2D eigenvalue weighted by Gasteiger charge is 2.15. The molecule has 47 heavy (non-hydrogen) atoms. The van der Waals surface area contributed by atoms with Crippen molar-refractivity contribution in [3.63, 3.8) is 0 Å². The average molecular weight is 632 g/mol. The Morgan fingerprint density at radius 1 is 0.681 bits per heavy atom. The van der Waals surface area contributed by atoms with Crippen molar-refractivity contribution >= 4 is 11.9 Å². The fraction of sp³-hybridized carbons (Fsp3) is 0.179. The van der Waals surface area contributed by atoms with Crippen molar-refractivity contribution in [3.05, 3.63) is 138 Å². The van der Waals surface area contributed by atoms with Crippen molar-refractivity contribution in [2.24, 2.45) is 0 Å². The third kappa shape index (κ3) is 8.92. The number of hydrogen-bond donors (Lipinski definition) is 1. The van der Waals surface area contributed by atoms with Crippen LogP contribution < -0.4 is 18.9 Å². The fourth-order valence-electron chi connectivity index (χ4n) is 5.16. The van der Waals surface area contributed by atoms with Gasteiger partial charge in [-0.3, -0.25) is 9.59 Å². The van der Waals surface area contributed by atoms with Crippen molar-refractivity contribution in [2.75, 3.05) is 21.3 Å². The summed E-state index contributed by atoms with van der Waals surface area (Å²) in [5.41, 5.74) is 4.93. The van der Waals surface area contributed by atoms with Gasteiger partial charge in [0.1, 0.15) is 35.4 Å². The predicted octanol–water partition coefficient (Wildman–Crippen LogP) is 8.03. The monoisotopic (exact) mass is 631 g/mol. The molecule has 8 heteroatoms. The van der Waals surface area contributed by atoms with Gasteiger partial charge in [0.25, 0.3) is 5.91 Å². The summed E-state index contributed by atoms with van der Waals surface area (Å²) < 4.78 is 23.1. The lowest BCUT2D eigenvalue weighted by atomic mass is 9.99. The lowest BCUT2D eigenvalue weighted by molar-refractivity contribution is -0.136. The summed E-state index contributed by atoms with van der Waals surface area (Å²) in [6.45, 7) is 0.625. The Kier molecular flexibility index (Phi) is 10.8. The molecule has 0 spiro atoms. The van der Waals surface area contributed by atoms with Crippen molar-refractivity contribution in [1.29, 1.82) is 0 Å². The molecule has 0 atom stereocenters. The molecular weight excluding hydrogens is 594 g/mol. The molecule has 5 aromatic carbocycles. The van der Waals surface area contributed by atoms with Crippen LogP contribution in [0.25, 0.3) is 11.1 Å². The number of aliphatic carboxylic acids is 1. The van der Waals surface area contributed by atoms with Gasteiger partial charge in [0.15, 0.2) is 0 Å². The van der Waals surface area contributed by atoms with Gasteiger partial charge < -0.3 is 29.0 Å². The number of benzene rings is 5. The lowest BCUT2D eigenvalue weighted by Gasteiger charge is -2.19. The normalized spacial score (nSPS) is 10.6. The van der Waals surface area contributed by atoms with Crippen LogP contribution in [0.2, 0.25) is 0 Å².